The Bertz CT molecular complexity index is 886. The number of carbonyl (C=O) groups is 1. The van der Waals surface area contributed by atoms with Gasteiger partial charge in [0.2, 0.25) is 0 Å². The van der Waals surface area contributed by atoms with E-state index in [1.807, 2.05) is 0 Å². The van der Waals surface area contributed by atoms with E-state index in [0.717, 1.165) is 4.47 Å². The Balaban J connectivity index is 1.60. The fraction of sp³-hybridized carbons (Fsp3) is 0.0556. The van der Waals surface area contributed by atoms with Crippen LogP contribution in [0.5, 0.6) is 0 Å². The normalized spacial score (nSPS) is 10.3. The predicted octanol–water partition coefficient (Wildman–Crippen LogP) is 4.24. The van der Waals surface area contributed by atoms with E-state index in [2.05, 4.69) is 36.5 Å². The van der Waals surface area contributed by atoms with Crippen LogP contribution in [0.2, 0.25) is 0 Å². The molecule has 0 spiro atoms. The Morgan fingerprint density at radius 3 is 2.68 bits per heavy atom. The van der Waals surface area contributed by atoms with Crippen LogP contribution in [0.25, 0.3) is 0 Å². The average Bonchev–Trinajstić information content (AvgIpc) is 2.62. The molecule has 0 atom stereocenters. The van der Waals surface area contributed by atoms with E-state index in [0.29, 0.717) is 29.2 Å². The van der Waals surface area contributed by atoms with Crippen LogP contribution in [0.1, 0.15) is 15.9 Å². The summed E-state index contributed by atoms with van der Waals surface area (Å²) in [5.74, 6) is 0.0505. The van der Waals surface area contributed by atoms with Crippen LogP contribution in [0.15, 0.2) is 65.5 Å². The maximum Gasteiger partial charge on any atom is 0.257 e. The van der Waals surface area contributed by atoms with Crippen molar-refractivity contribution in [1.29, 1.82) is 0 Å². The van der Waals surface area contributed by atoms with E-state index in [9.17, 15) is 9.18 Å². The number of hydrogen-bond acceptors (Lipinski definition) is 4. The summed E-state index contributed by atoms with van der Waals surface area (Å²) in [7, 11) is 0. The second kappa shape index (κ2) is 7.85. The van der Waals surface area contributed by atoms with Crippen LogP contribution in [-0.2, 0) is 6.54 Å². The lowest BCUT2D eigenvalue weighted by Gasteiger charge is -2.08. The van der Waals surface area contributed by atoms with E-state index >= 15 is 0 Å². The van der Waals surface area contributed by atoms with Gasteiger partial charge >= 0.3 is 0 Å². The molecule has 7 heteroatoms. The summed E-state index contributed by atoms with van der Waals surface area (Å²) in [5.41, 5.74) is 1.56. The molecule has 0 saturated carbocycles. The lowest BCUT2D eigenvalue weighted by atomic mass is 10.2. The highest BCUT2D eigenvalue weighted by Crippen LogP contribution is 2.15. The number of anilines is 2. The van der Waals surface area contributed by atoms with Gasteiger partial charge in [-0.05, 0) is 40.2 Å². The Hall–Kier alpha value is -2.80. The minimum absolute atomic E-state index is 0.262. The second-order valence-corrected chi connectivity index (χ2v) is 6.14. The second-order valence-electron chi connectivity index (χ2n) is 5.22. The number of aromatic nitrogens is 2. The molecule has 0 radical (unpaired) electrons. The highest BCUT2D eigenvalue weighted by molar-refractivity contribution is 9.10. The monoisotopic (exact) mass is 400 g/mol. The Morgan fingerprint density at radius 2 is 1.96 bits per heavy atom. The first kappa shape index (κ1) is 17.0. The van der Waals surface area contributed by atoms with Crippen molar-refractivity contribution in [2.24, 2.45) is 0 Å². The zero-order valence-corrected chi connectivity index (χ0v) is 14.6. The molecule has 126 valence electrons. The molecular formula is C18H14BrFN4O. The smallest absolute Gasteiger partial charge is 0.257 e. The van der Waals surface area contributed by atoms with E-state index in [1.165, 1.54) is 18.5 Å². The van der Waals surface area contributed by atoms with Crippen LogP contribution in [0, 0.1) is 5.82 Å². The maximum atomic E-state index is 13.6. The quantitative estimate of drug-likeness (QED) is 0.671. The summed E-state index contributed by atoms with van der Waals surface area (Å²) < 4.78 is 14.3. The number of benzene rings is 1. The van der Waals surface area contributed by atoms with Gasteiger partial charge in [0, 0.05) is 29.0 Å². The van der Waals surface area contributed by atoms with Crippen molar-refractivity contribution in [2.45, 2.75) is 6.54 Å². The number of pyridine rings is 2. The zero-order valence-electron chi connectivity index (χ0n) is 13.0. The molecule has 0 saturated heterocycles. The van der Waals surface area contributed by atoms with E-state index in [4.69, 9.17) is 0 Å². The van der Waals surface area contributed by atoms with Crippen molar-refractivity contribution in [3.63, 3.8) is 0 Å². The van der Waals surface area contributed by atoms with Gasteiger partial charge in [-0.15, -0.1) is 0 Å². The molecule has 5 nitrogen and oxygen atoms in total. The van der Waals surface area contributed by atoms with Gasteiger partial charge in [0.1, 0.15) is 11.6 Å². The van der Waals surface area contributed by atoms with Crippen molar-refractivity contribution in [2.75, 3.05) is 10.6 Å². The minimum atomic E-state index is -0.275. The molecule has 2 heterocycles. The predicted molar refractivity (Wildman–Crippen MR) is 97.9 cm³/mol. The molecule has 0 aliphatic rings. The number of nitrogens with zero attached hydrogens (tertiary/aromatic N) is 2. The molecule has 3 rings (SSSR count). The van der Waals surface area contributed by atoms with Gasteiger partial charge in [-0.25, -0.2) is 9.37 Å². The summed E-state index contributed by atoms with van der Waals surface area (Å²) in [6.07, 6.45) is 4.62. The first-order chi connectivity index (χ1) is 12.1. The Kier molecular flexibility index (Phi) is 5.35. The SMILES string of the molecule is O=C(Nc1ccc(NCc2ccccc2F)nc1)c1cncc(Br)c1. The summed E-state index contributed by atoms with van der Waals surface area (Å²) in [6.45, 7) is 0.328. The molecule has 1 aromatic carbocycles. The van der Waals surface area contributed by atoms with Crippen LogP contribution in [0.4, 0.5) is 15.9 Å². The van der Waals surface area contributed by atoms with Gasteiger partial charge in [-0.3, -0.25) is 9.78 Å². The van der Waals surface area contributed by atoms with E-state index in [-0.39, 0.29) is 11.7 Å². The standard InChI is InChI=1S/C18H14BrFN4O/c19-14-7-13(8-21-10-14)18(25)24-15-5-6-17(23-11-15)22-9-12-3-1-2-4-16(12)20/h1-8,10-11H,9H2,(H,22,23)(H,24,25). The summed E-state index contributed by atoms with van der Waals surface area (Å²) in [5, 5.41) is 5.79. The molecule has 0 unspecified atom stereocenters. The van der Waals surface area contributed by atoms with Crippen molar-refractivity contribution >= 4 is 33.3 Å². The van der Waals surface area contributed by atoms with Crippen molar-refractivity contribution < 1.29 is 9.18 Å². The summed E-state index contributed by atoms with van der Waals surface area (Å²) in [4.78, 5) is 20.3. The third kappa shape index (κ3) is 4.60. The number of halogens is 2. The van der Waals surface area contributed by atoms with Gasteiger partial charge < -0.3 is 10.6 Å². The number of amides is 1. The van der Waals surface area contributed by atoms with Crippen molar-refractivity contribution in [1.82, 2.24) is 9.97 Å². The van der Waals surface area contributed by atoms with Crippen LogP contribution < -0.4 is 10.6 Å². The molecule has 1 amide bonds. The number of nitrogens with one attached hydrogen (secondary N) is 2. The van der Waals surface area contributed by atoms with Gasteiger partial charge in [-0.1, -0.05) is 18.2 Å². The Morgan fingerprint density at radius 1 is 1.12 bits per heavy atom. The van der Waals surface area contributed by atoms with Gasteiger partial charge in [0.25, 0.3) is 5.91 Å². The summed E-state index contributed by atoms with van der Waals surface area (Å²) >= 11 is 3.28. The lowest BCUT2D eigenvalue weighted by molar-refractivity contribution is 0.102. The summed E-state index contributed by atoms with van der Waals surface area (Å²) in [6, 6.07) is 11.7. The van der Waals surface area contributed by atoms with E-state index in [1.54, 1.807) is 42.6 Å². The molecule has 2 aromatic heterocycles. The first-order valence-electron chi connectivity index (χ1n) is 7.47. The molecule has 25 heavy (non-hydrogen) atoms. The molecule has 0 bridgehead atoms. The first-order valence-corrected chi connectivity index (χ1v) is 8.26. The Labute approximate surface area is 152 Å². The lowest BCUT2D eigenvalue weighted by Crippen LogP contribution is -2.12. The van der Waals surface area contributed by atoms with Gasteiger partial charge in [0.15, 0.2) is 0 Å². The van der Waals surface area contributed by atoms with Crippen LogP contribution in [-0.4, -0.2) is 15.9 Å². The van der Waals surface area contributed by atoms with Crippen LogP contribution in [0.3, 0.4) is 0 Å². The molecule has 0 fully saturated rings. The van der Waals surface area contributed by atoms with Crippen LogP contribution >= 0.6 is 15.9 Å². The van der Waals surface area contributed by atoms with Crippen molar-refractivity contribution in [3.05, 3.63) is 82.5 Å². The minimum Gasteiger partial charge on any atom is -0.366 e. The number of carbonyl (C=O) groups excluding carboxylic acids is 1. The highest BCUT2D eigenvalue weighted by Gasteiger charge is 2.07. The third-order valence-electron chi connectivity index (χ3n) is 3.41. The zero-order chi connectivity index (χ0) is 17.6. The van der Waals surface area contributed by atoms with Gasteiger partial charge in [0.05, 0.1) is 17.4 Å². The maximum absolute atomic E-state index is 13.6. The topological polar surface area (TPSA) is 66.9 Å². The van der Waals surface area contributed by atoms with E-state index < -0.39 is 0 Å². The van der Waals surface area contributed by atoms with Gasteiger partial charge in [-0.2, -0.15) is 0 Å². The highest BCUT2D eigenvalue weighted by atomic mass is 79.9. The number of hydrogen-bond donors (Lipinski definition) is 2. The molecule has 0 aliphatic heterocycles. The molecular weight excluding hydrogens is 387 g/mol. The largest absolute Gasteiger partial charge is 0.366 e. The fourth-order valence-corrected chi connectivity index (χ4v) is 2.50. The average molecular weight is 401 g/mol. The molecule has 0 aliphatic carbocycles. The van der Waals surface area contributed by atoms with Crippen molar-refractivity contribution in [3.8, 4) is 0 Å². The fourth-order valence-electron chi connectivity index (χ4n) is 2.14. The molecule has 2 N–H and O–H groups in total. The third-order valence-corrected chi connectivity index (χ3v) is 3.84. The number of rotatable bonds is 5. The molecule has 3 aromatic rings.